The highest BCUT2D eigenvalue weighted by molar-refractivity contribution is 7.83. The van der Waals surface area contributed by atoms with E-state index in [1.807, 2.05) is 25.1 Å². The van der Waals surface area contributed by atoms with Crippen LogP contribution in [0, 0.1) is 17.3 Å². The number of Topliss-reactive ketones (excluding diaryl/α,β-unsaturated/α-hetero) is 1. The lowest BCUT2D eigenvalue weighted by Gasteiger charge is -2.48. The molecule has 4 atom stereocenters. The van der Waals surface area contributed by atoms with E-state index in [4.69, 9.17) is 9.39 Å². The Hall–Kier alpha value is -1.64. The highest BCUT2D eigenvalue weighted by Crippen LogP contribution is 2.60. The topological polar surface area (TPSA) is 95.9 Å². The summed E-state index contributed by atoms with van der Waals surface area (Å²) in [6.07, 6.45) is 5.59. The molecule has 1 aromatic carbocycles. The zero-order valence-electron chi connectivity index (χ0n) is 16.6. The van der Waals surface area contributed by atoms with Crippen LogP contribution in [0.1, 0.15) is 56.1 Å². The second-order valence-corrected chi connectivity index (χ2v) is 10.0. The van der Waals surface area contributed by atoms with Crippen LogP contribution in [0.25, 0.3) is 0 Å². The van der Waals surface area contributed by atoms with Crippen LogP contribution in [-0.4, -0.2) is 32.8 Å². The zero-order chi connectivity index (χ0) is 20.3. The van der Waals surface area contributed by atoms with Gasteiger partial charge in [0.15, 0.2) is 5.75 Å². The molecule has 0 saturated heterocycles. The summed E-state index contributed by atoms with van der Waals surface area (Å²) in [5.74, 6) is 2.23. The van der Waals surface area contributed by atoms with Crippen molar-refractivity contribution >= 4 is 21.8 Å². The fourth-order valence-corrected chi connectivity index (χ4v) is 6.08. The second kappa shape index (κ2) is 6.71. The smallest absolute Gasteiger partial charge is 0.364 e. The van der Waals surface area contributed by atoms with E-state index < -0.39 is 10.3 Å². The highest BCUT2D eigenvalue weighted by atomic mass is 32.2. The van der Waals surface area contributed by atoms with E-state index in [1.54, 1.807) is 4.89 Å². The van der Waals surface area contributed by atoms with Gasteiger partial charge in [-0.1, -0.05) is 6.92 Å². The second-order valence-electron chi connectivity index (χ2n) is 8.91. The van der Waals surface area contributed by atoms with Crippen LogP contribution in [0.2, 0.25) is 0 Å². The summed E-state index contributed by atoms with van der Waals surface area (Å²) < 4.78 is 30.9. The van der Waals surface area contributed by atoms with E-state index >= 15 is 0 Å². The number of nitrogens with one attached hydrogen (secondary N) is 1. The summed E-state index contributed by atoms with van der Waals surface area (Å²) in [5, 5.41) is 0. The van der Waals surface area contributed by atoms with Crippen LogP contribution in [0.3, 0.4) is 0 Å². The molecule has 2 N–H and O–H groups in total. The van der Waals surface area contributed by atoms with E-state index in [0.29, 0.717) is 35.7 Å². The average Bonchev–Trinajstić information content (AvgIpc) is 2.93. The number of aryl methyl sites for hydroxylation is 1. The SMILES string of the molecule is CN(C)c1cc2c(cc1ONS(=O)(=O)O)CC[C@@H]1[C@@H]2CC[C@]2(C)C(=O)CC[C@@H]12. The molecule has 4 rings (SSSR count). The lowest BCUT2D eigenvalue weighted by Crippen LogP contribution is -2.42. The lowest BCUT2D eigenvalue weighted by molar-refractivity contribution is -0.129. The van der Waals surface area contributed by atoms with Gasteiger partial charge in [0.1, 0.15) is 5.78 Å². The first-order valence-electron chi connectivity index (χ1n) is 9.88. The van der Waals surface area contributed by atoms with Crippen molar-refractivity contribution < 1.29 is 22.6 Å². The number of benzene rings is 1. The van der Waals surface area contributed by atoms with Gasteiger partial charge in [0.05, 0.1) is 5.69 Å². The van der Waals surface area contributed by atoms with Crippen molar-refractivity contribution in [3.05, 3.63) is 23.3 Å². The van der Waals surface area contributed by atoms with Crippen LogP contribution >= 0.6 is 0 Å². The molecule has 0 aliphatic heterocycles. The van der Waals surface area contributed by atoms with Gasteiger partial charge in [0, 0.05) is 25.9 Å². The lowest BCUT2D eigenvalue weighted by atomic mass is 9.55. The summed E-state index contributed by atoms with van der Waals surface area (Å²) in [6.45, 7) is 2.17. The molecule has 3 aliphatic rings. The van der Waals surface area contributed by atoms with Crippen LogP contribution in [0.15, 0.2) is 12.1 Å². The van der Waals surface area contributed by atoms with Gasteiger partial charge in [-0.2, -0.15) is 8.42 Å². The molecule has 3 aliphatic carbocycles. The Morgan fingerprint density at radius 3 is 2.64 bits per heavy atom. The summed E-state index contributed by atoms with van der Waals surface area (Å²) in [7, 11) is -0.708. The Labute approximate surface area is 166 Å². The molecule has 0 radical (unpaired) electrons. The molecule has 28 heavy (non-hydrogen) atoms. The Balaban J connectivity index is 1.69. The zero-order valence-corrected chi connectivity index (χ0v) is 17.4. The third-order valence-electron chi connectivity index (χ3n) is 7.25. The highest BCUT2D eigenvalue weighted by Gasteiger charge is 2.54. The standard InChI is InChI=1S/C20H28N2O5S/c1-20-9-8-13-14(16(20)6-7-19(20)23)5-4-12-10-18(27-21-28(24,25)26)17(22(2)3)11-15(12)13/h10-11,13-14,16,21H,4-9H2,1-3H3,(H,24,25,26)/t13-,14+,16-,20-/m0/s1. The molecule has 2 saturated carbocycles. The molecular weight excluding hydrogens is 380 g/mol. The molecule has 2 fully saturated rings. The summed E-state index contributed by atoms with van der Waals surface area (Å²) in [6, 6.07) is 3.97. The Bertz CT molecular complexity index is 913. The van der Waals surface area contributed by atoms with Gasteiger partial charge in [-0.25, -0.2) is 0 Å². The van der Waals surface area contributed by atoms with Crippen LogP contribution in [0.5, 0.6) is 5.75 Å². The van der Waals surface area contributed by atoms with Gasteiger partial charge < -0.3 is 9.74 Å². The Morgan fingerprint density at radius 1 is 1.21 bits per heavy atom. The summed E-state index contributed by atoms with van der Waals surface area (Å²) in [5.41, 5.74) is 3.06. The number of hydrogen-bond acceptors (Lipinski definition) is 5. The summed E-state index contributed by atoms with van der Waals surface area (Å²) in [4.78, 5) is 21.3. The van der Waals surface area contributed by atoms with Crippen LogP contribution < -0.4 is 14.6 Å². The molecule has 154 valence electrons. The number of nitrogens with zero attached hydrogens (tertiary/aromatic N) is 1. The van der Waals surface area contributed by atoms with E-state index in [2.05, 4.69) is 13.0 Å². The number of carbonyl (C=O) groups excluding carboxylic acids is 1. The van der Waals surface area contributed by atoms with Crippen LogP contribution in [0.4, 0.5) is 5.69 Å². The average molecular weight is 409 g/mol. The molecular formula is C20H28N2O5S. The van der Waals surface area contributed by atoms with Gasteiger partial charge in [-0.05, 0) is 78.0 Å². The quantitative estimate of drug-likeness (QED) is 0.587. The number of carbonyl (C=O) groups is 1. The maximum Gasteiger partial charge on any atom is 0.364 e. The molecule has 0 spiro atoms. The number of ketones is 1. The van der Waals surface area contributed by atoms with Crippen molar-refractivity contribution in [2.75, 3.05) is 19.0 Å². The van der Waals surface area contributed by atoms with Gasteiger partial charge in [0.2, 0.25) is 0 Å². The minimum Gasteiger partial charge on any atom is -0.390 e. The molecule has 0 aromatic heterocycles. The third kappa shape index (κ3) is 3.21. The molecule has 0 heterocycles. The number of fused-ring (bicyclic) bond motifs is 5. The maximum absolute atomic E-state index is 12.5. The van der Waals surface area contributed by atoms with E-state index in [9.17, 15) is 13.2 Å². The molecule has 1 aromatic rings. The minimum atomic E-state index is -4.45. The fourth-order valence-electron chi connectivity index (χ4n) is 5.89. The number of anilines is 1. The Morgan fingerprint density at radius 2 is 1.96 bits per heavy atom. The van der Waals surface area contributed by atoms with Crippen molar-refractivity contribution in [2.24, 2.45) is 17.3 Å². The first kappa shape index (κ1) is 19.7. The molecule has 8 heteroatoms. The van der Waals surface area contributed by atoms with E-state index in [-0.39, 0.29) is 5.41 Å². The predicted molar refractivity (Wildman–Crippen MR) is 106 cm³/mol. The van der Waals surface area contributed by atoms with Gasteiger partial charge >= 0.3 is 10.3 Å². The van der Waals surface area contributed by atoms with E-state index in [1.165, 1.54) is 5.56 Å². The van der Waals surface area contributed by atoms with Crippen molar-refractivity contribution in [1.82, 2.24) is 4.89 Å². The monoisotopic (exact) mass is 408 g/mol. The first-order valence-corrected chi connectivity index (χ1v) is 11.3. The molecule has 0 amide bonds. The summed E-state index contributed by atoms with van der Waals surface area (Å²) >= 11 is 0. The third-order valence-corrected chi connectivity index (χ3v) is 7.55. The molecule has 7 nitrogen and oxygen atoms in total. The molecule has 0 bridgehead atoms. The fraction of sp³-hybridized carbons (Fsp3) is 0.650. The van der Waals surface area contributed by atoms with Crippen molar-refractivity contribution in [3.8, 4) is 5.75 Å². The first-order chi connectivity index (χ1) is 13.1. The maximum atomic E-state index is 12.5. The van der Waals surface area contributed by atoms with Crippen LogP contribution in [-0.2, 0) is 21.5 Å². The van der Waals surface area contributed by atoms with E-state index in [0.717, 1.165) is 43.4 Å². The van der Waals surface area contributed by atoms with Gasteiger partial charge in [-0.15, -0.1) is 0 Å². The number of hydrogen-bond donors (Lipinski definition) is 2. The van der Waals surface area contributed by atoms with Gasteiger partial charge in [0.25, 0.3) is 0 Å². The minimum absolute atomic E-state index is 0.147. The normalized spacial score (nSPS) is 31.7. The van der Waals surface area contributed by atoms with Crippen molar-refractivity contribution in [2.45, 2.75) is 51.4 Å². The Kier molecular flexibility index (Phi) is 4.71. The van der Waals surface area contributed by atoms with Crippen molar-refractivity contribution in [1.29, 1.82) is 0 Å². The predicted octanol–water partition coefficient (Wildman–Crippen LogP) is 2.86. The molecule has 0 unspecified atom stereocenters. The van der Waals surface area contributed by atoms with Crippen molar-refractivity contribution in [3.63, 3.8) is 0 Å². The van der Waals surface area contributed by atoms with Gasteiger partial charge in [-0.3, -0.25) is 9.35 Å². The largest absolute Gasteiger partial charge is 0.390 e. The number of rotatable bonds is 4.